The molecule has 21 heavy (non-hydrogen) atoms. The molecule has 1 aliphatic rings. The van der Waals surface area contributed by atoms with Crippen LogP contribution in [-0.2, 0) is 0 Å². The highest BCUT2D eigenvalue weighted by Gasteiger charge is 2.34. The monoisotopic (exact) mass is 288 g/mol. The zero-order valence-electron chi connectivity index (χ0n) is 12.1. The van der Waals surface area contributed by atoms with Crippen LogP contribution in [0.2, 0.25) is 0 Å². The summed E-state index contributed by atoms with van der Waals surface area (Å²) in [7, 11) is 0. The number of rotatable bonds is 2. The Morgan fingerprint density at radius 2 is 2.05 bits per heavy atom. The lowest BCUT2D eigenvalue weighted by Gasteiger charge is -2.24. The number of aryl methyl sites for hydroxylation is 2. The first-order chi connectivity index (χ1) is 10.1. The molecule has 1 unspecified atom stereocenters. The van der Waals surface area contributed by atoms with E-state index in [2.05, 4.69) is 5.16 Å². The summed E-state index contributed by atoms with van der Waals surface area (Å²) in [5.74, 6) is 0.351. The predicted molar refractivity (Wildman–Crippen MR) is 75.4 cm³/mol. The highest BCUT2D eigenvalue weighted by Crippen LogP contribution is 2.36. The average molecular weight is 288 g/mol. The number of carbonyl (C=O) groups is 1. The maximum atomic E-state index is 13.0. The highest BCUT2D eigenvalue weighted by molar-refractivity contribution is 5.94. The second-order valence-corrected chi connectivity index (χ2v) is 5.40. The molecule has 0 bridgehead atoms. The minimum absolute atomic E-state index is 0.00574. The molecule has 0 saturated carbocycles. The van der Waals surface area contributed by atoms with Crippen molar-refractivity contribution in [2.45, 2.75) is 32.7 Å². The number of halogens is 1. The van der Waals surface area contributed by atoms with Gasteiger partial charge in [0.25, 0.3) is 5.91 Å². The maximum Gasteiger partial charge on any atom is 0.254 e. The van der Waals surface area contributed by atoms with E-state index in [1.165, 1.54) is 24.3 Å². The van der Waals surface area contributed by atoms with Crippen LogP contribution in [0.4, 0.5) is 4.39 Å². The van der Waals surface area contributed by atoms with Gasteiger partial charge in [-0.3, -0.25) is 4.79 Å². The van der Waals surface area contributed by atoms with Gasteiger partial charge in [-0.2, -0.15) is 0 Å². The van der Waals surface area contributed by atoms with E-state index in [4.69, 9.17) is 4.52 Å². The van der Waals surface area contributed by atoms with Crippen molar-refractivity contribution in [3.05, 3.63) is 52.7 Å². The Kier molecular flexibility index (Phi) is 3.49. The van der Waals surface area contributed by atoms with E-state index in [1.807, 2.05) is 18.7 Å². The van der Waals surface area contributed by atoms with Crippen molar-refractivity contribution < 1.29 is 13.7 Å². The lowest BCUT2D eigenvalue weighted by atomic mass is 10.0. The third kappa shape index (κ3) is 2.44. The van der Waals surface area contributed by atoms with Gasteiger partial charge in [0.1, 0.15) is 11.6 Å². The summed E-state index contributed by atoms with van der Waals surface area (Å²) in [6, 6.07) is 5.68. The quantitative estimate of drug-likeness (QED) is 0.850. The van der Waals surface area contributed by atoms with Gasteiger partial charge < -0.3 is 9.42 Å². The molecular weight excluding hydrogens is 271 g/mol. The summed E-state index contributed by atoms with van der Waals surface area (Å²) < 4.78 is 18.2. The van der Waals surface area contributed by atoms with Crippen LogP contribution in [0.5, 0.6) is 0 Å². The molecule has 1 aromatic heterocycles. The van der Waals surface area contributed by atoms with Gasteiger partial charge in [-0.1, -0.05) is 5.16 Å². The topological polar surface area (TPSA) is 46.3 Å². The molecule has 1 aromatic carbocycles. The lowest BCUT2D eigenvalue weighted by Crippen LogP contribution is -2.31. The van der Waals surface area contributed by atoms with Crippen molar-refractivity contribution in [1.82, 2.24) is 10.1 Å². The van der Waals surface area contributed by atoms with E-state index >= 15 is 0 Å². The number of benzene rings is 1. The maximum absolute atomic E-state index is 13.0. The predicted octanol–water partition coefficient (Wildman–Crippen LogP) is 3.41. The van der Waals surface area contributed by atoms with Gasteiger partial charge in [-0.25, -0.2) is 4.39 Å². The molecule has 1 atom stereocenters. The Morgan fingerprint density at radius 1 is 1.33 bits per heavy atom. The third-order valence-electron chi connectivity index (χ3n) is 4.03. The Balaban J connectivity index is 1.90. The van der Waals surface area contributed by atoms with Crippen molar-refractivity contribution in [2.75, 3.05) is 6.54 Å². The lowest BCUT2D eigenvalue weighted by molar-refractivity contribution is 0.0734. The SMILES string of the molecule is Cc1noc(C)c1C1CCCN1C(=O)c1ccc(F)cc1. The number of hydrogen-bond acceptors (Lipinski definition) is 3. The molecule has 0 spiro atoms. The van der Waals surface area contributed by atoms with E-state index in [0.717, 1.165) is 29.9 Å². The standard InChI is InChI=1S/C16H17FN2O2/c1-10-15(11(2)21-18-10)14-4-3-9-19(14)16(20)12-5-7-13(17)8-6-12/h5-8,14H,3-4,9H2,1-2H3. The van der Waals surface area contributed by atoms with Gasteiger partial charge in [0.05, 0.1) is 11.7 Å². The van der Waals surface area contributed by atoms with Crippen LogP contribution in [-0.4, -0.2) is 22.5 Å². The molecule has 2 heterocycles. The summed E-state index contributed by atoms with van der Waals surface area (Å²) >= 11 is 0. The average Bonchev–Trinajstić information content (AvgIpc) is 3.06. The largest absolute Gasteiger partial charge is 0.361 e. The number of amides is 1. The summed E-state index contributed by atoms with van der Waals surface area (Å²) in [4.78, 5) is 14.5. The first-order valence-electron chi connectivity index (χ1n) is 7.07. The molecule has 1 fully saturated rings. The van der Waals surface area contributed by atoms with Crippen molar-refractivity contribution in [1.29, 1.82) is 0 Å². The molecule has 0 radical (unpaired) electrons. The molecule has 5 heteroatoms. The van der Waals surface area contributed by atoms with Crippen molar-refractivity contribution in [2.24, 2.45) is 0 Å². The van der Waals surface area contributed by atoms with Crippen molar-refractivity contribution in [3.63, 3.8) is 0 Å². The number of nitrogens with zero attached hydrogens (tertiary/aromatic N) is 2. The second-order valence-electron chi connectivity index (χ2n) is 5.40. The number of aromatic nitrogens is 1. The first kappa shape index (κ1) is 13.8. The van der Waals surface area contributed by atoms with E-state index < -0.39 is 0 Å². The Hall–Kier alpha value is -2.17. The zero-order valence-corrected chi connectivity index (χ0v) is 12.1. The first-order valence-corrected chi connectivity index (χ1v) is 7.07. The van der Waals surface area contributed by atoms with Crippen LogP contribution < -0.4 is 0 Å². The molecule has 110 valence electrons. The molecular formula is C16H17FN2O2. The molecule has 2 aromatic rings. The number of hydrogen-bond donors (Lipinski definition) is 0. The summed E-state index contributed by atoms with van der Waals surface area (Å²) in [6.45, 7) is 4.46. The molecule has 0 N–H and O–H groups in total. The highest BCUT2D eigenvalue weighted by atomic mass is 19.1. The smallest absolute Gasteiger partial charge is 0.254 e. The van der Waals surface area contributed by atoms with E-state index in [9.17, 15) is 9.18 Å². The van der Waals surface area contributed by atoms with Gasteiger partial charge in [0, 0.05) is 17.7 Å². The van der Waals surface area contributed by atoms with E-state index in [-0.39, 0.29) is 17.8 Å². The van der Waals surface area contributed by atoms with Crippen LogP contribution >= 0.6 is 0 Å². The van der Waals surface area contributed by atoms with Crippen LogP contribution in [0, 0.1) is 19.7 Å². The molecule has 1 aliphatic heterocycles. The number of carbonyl (C=O) groups excluding carboxylic acids is 1. The van der Waals surface area contributed by atoms with Crippen molar-refractivity contribution >= 4 is 5.91 Å². The van der Waals surface area contributed by atoms with E-state index in [1.54, 1.807) is 0 Å². The Labute approximate surface area is 122 Å². The van der Waals surface area contributed by atoms with Gasteiger partial charge in [-0.15, -0.1) is 0 Å². The minimum atomic E-state index is -0.338. The molecule has 1 amide bonds. The third-order valence-corrected chi connectivity index (χ3v) is 4.03. The fraction of sp³-hybridized carbons (Fsp3) is 0.375. The molecule has 0 aliphatic carbocycles. The molecule has 1 saturated heterocycles. The van der Waals surface area contributed by atoms with Gasteiger partial charge in [0.15, 0.2) is 0 Å². The second kappa shape index (κ2) is 5.31. The Bertz CT molecular complexity index is 644. The fourth-order valence-electron chi connectivity index (χ4n) is 3.03. The Morgan fingerprint density at radius 3 is 2.67 bits per heavy atom. The summed E-state index contributed by atoms with van der Waals surface area (Å²) in [6.07, 6.45) is 1.84. The molecule has 4 nitrogen and oxygen atoms in total. The minimum Gasteiger partial charge on any atom is -0.361 e. The van der Waals surface area contributed by atoms with E-state index in [0.29, 0.717) is 12.1 Å². The fourth-order valence-corrected chi connectivity index (χ4v) is 3.03. The van der Waals surface area contributed by atoms with Gasteiger partial charge >= 0.3 is 0 Å². The van der Waals surface area contributed by atoms with Crippen LogP contribution in [0.3, 0.4) is 0 Å². The molecule has 3 rings (SSSR count). The zero-order chi connectivity index (χ0) is 15.0. The van der Waals surface area contributed by atoms with Gasteiger partial charge in [0.2, 0.25) is 0 Å². The van der Waals surface area contributed by atoms with Crippen LogP contribution in [0.25, 0.3) is 0 Å². The van der Waals surface area contributed by atoms with Crippen LogP contribution in [0.1, 0.15) is 46.3 Å². The summed E-state index contributed by atoms with van der Waals surface area (Å²) in [5.41, 5.74) is 2.34. The summed E-state index contributed by atoms with van der Waals surface area (Å²) in [5, 5.41) is 3.98. The number of likely N-dealkylation sites (tertiary alicyclic amines) is 1. The van der Waals surface area contributed by atoms with Crippen molar-refractivity contribution in [3.8, 4) is 0 Å². The van der Waals surface area contributed by atoms with Gasteiger partial charge in [-0.05, 0) is 51.0 Å². The van der Waals surface area contributed by atoms with Crippen LogP contribution in [0.15, 0.2) is 28.8 Å². The normalized spacial score (nSPS) is 18.2.